The number of aromatic nitrogens is 3. The van der Waals surface area contributed by atoms with E-state index in [-0.39, 0.29) is 11.8 Å². The zero-order valence-electron chi connectivity index (χ0n) is 13.9. The van der Waals surface area contributed by atoms with Gasteiger partial charge in [-0.05, 0) is 31.0 Å². The van der Waals surface area contributed by atoms with Gasteiger partial charge in [-0.25, -0.2) is 14.2 Å². The van der Waals surface area contributed by atoms with Gasteiger partial charge in [0, 0.05) is 38.6 Å². The third kappa shape index (κ3) is 3.64. The zero-order valence-corrected chi connectivity index (χ0v) is 13.9. The van der Waals surface area contributed by atoms with E-state index in [9.17, 15) is 9.18 Å². The summed E-state index contributed by atoms with van der Waals surface area (Å²) >= 11 is 0. The highest BCUT2D eigenvalue weighted by Crippen LogP contribution is 2.25. The topological polar surface area (TPSA) is 66.3 Å². The molecule has 0 bridgehead atoms. The van der Waals surface area contributed by atoms with Crippen LogP contribution in [0.4, 0.5) is 20.6 Å². The van der Waals surface area contributed by atoms with Crippen molar-refractivity contribution in [2.24, 2.45) is 7.05 Å². The average Bonchev–Trinajstić information content (AvgIpc) is 3.19. The van der Waals surface area contributed by atoms with Crippen molar-refractivity contribution in [3.63, 3.8) is 0 Å². The minimum atomic E-state index is -0.356. The number of hydrogen-bond acceptors (Lipinski definition) is 4. The van der Waals surface area contributed by atoms with E-state index in [4.69, 9.17) is 0 Å². The Morgan fingerprint density at radius 3 is 2.75 bits per heavy atom. The normalized spacial score (nSPS) is 14.0. The number of hydrogen-bond donors (Lipinski definition) is 1. The Kier molecular flexibility index (Phi) is 4.64. The van der Waals surface area contributed by atoms with Crippen molar-refractivity contribution in [1.82, 2.24) is 19.7 Å². The molecule has 0 radical (unpaired) electrons. The third-order valence-corrected chi connectivity index (χ3v) is 4.14. The molecule has 1 aliphatic heterocycles. The summed E-state index contributed by atoms with van der Waals surface area (Å²) in [5.74, 6) is 0.315. The van der Waals surface area contributed by atoms with E-state index < -0.39 is 0 Å². The van der Waals surface area contributed by atoms with Gasteiger partial charge in [-0.3, -0.25) is 4.68 Å². The summed E-state index contributed by atoms with van der Waals surface area (Å²) in [4.78, 5) is 20.0. The van der Waals surface area contributed by atoms with Crippen LogP contribution < -0.4 is 10.2 Å². The molecule has 1 aromatic carbocycles. The molecule has 2 aromatic rings. The summed E-state index contributed by atoms with van der Waals surface area (Å²) in [6.07, 6.45) is 3.66. The second-order valence-corrected chi connectivity index (χ2v) is 5.98. The van der Waals surface area contributed by atoms with Crippen molar-refractivity contribution >= 4 is 17.4 Å². The summed E-state index contributed by atoms with van der Waals surface area (Å²) in [6, 6.07) is 4.32. The van der Waals surface area contributed by atoms with Crippen LogP contribution in [-0.2, 0) is 13.6 Å². The number of halogens is 1. The van der Waals surface area contributed by atoms with Crippen molar-refractivity contribution in [3.8, 4) is 0 Å². The van der Waals surface area contributed by atoms with E-state index in [0.717, 1.165) is 31.6 Å². The first-order chi connectivity index (χ1) is 11.5. The largest absolute Gasteiger partial charge is 0.371 e. The predicted octanol–water partition coefficient (Wildman–Crippen LogP) is 2.22. The third-order valence-electron chi connectivity index (χ3n) is 4.14. The number of rotatable bonds is 4. The summed E-state index contributed by atoms with van der Waals surface area (Å²) in [5.41, 5.74) is 1.26. The quantitative estimate of drug-likeness (QED) is 0.932. The van der Waals surface area contributed by atoms with E-state index >= 15 is 0 Å². The Bertz CT molecular complexity index is 725. The number of benzene rings is 1. The van der Waals surface area contributed by atoms with Crippen LogP contribution >= 0.6 is 0 Å². The summed E-state index contributed by atoms with van der Waals surface area (Å²) in [6.45, 7) is 2.16. The van der Waals surface area contributed by atoms with E-state index in [1.54, 1.807) is 18.8 Å². The van der Waals surface area contributed by atoms with Gasteiger partial charge in [-0.2, -0.15) is 5.10 Å². The number of anilines is 2. The molecule has 0 saturated carbocycles. The summed E-state index contributed by atoms with van der Waals surface area (Å²) < 4.78 is 15.5. The smallest absolute Gasteiger partial charge is 0.321 e. The zero-order chi connectivity index (χ0) is 17.1. The molecule has 0 unspecified atom stereocenters. The standard InChI is InChI=1S/C16H21FN6O/c1-21(10-15-18-11-19-22(15)2)16(24)20-13-7-12(17)8-14(9-13)23-5-3-4-6-23/h7-9,11H,3-6,10H2,1-2H3,(H,20,24). The number of carbonyl (C=O) groups is 1. The molecule has 0 atom stereocenters. The van der Waals surface area contributed by atoms with Crippen LogP contribution in [0.15, 0.2) is 24.5 Å². The summed E-state index contributed by atoms with van der Waals surface area (Å²) in [5, 5.41) is 6.71. The predicted molar refractivity (Wildman–Crippen MR) is 89.3 cm³/mol. The molecule has 8 heteroatoms. The second kappa shape index (κ2) is 6.86. The molecule has 1 N–H and O–H groups in total. The van der Waals surface area contributed by atoms with Crippen LogP contribution in [0.25, 0.3) is 0 Å². The molecule has 1 fully saturated rings. The molecular weight excluding hydrogens is 311 g/mol. The van der Waals surface area contributed by atoms with E-state index in [1.165, 1.54) is 23.4 Å². The molecule has 7 nitrogen and oxygen atoms in total. The SMILES string of the molecule is CN(Cc1ncnn1C)C(=O)Nc1cc(F)cc(N2CCCC2)c1. The van der Waals surface area contributed by atoms with Crippen molar-refractivity contribution in [2.75, 3.05) is 30.4 Å². The molecule has 2 heterocycles. The van der Waals surface area contributed by atoms with Crippen LogP contribution in [-0.4, -0.2) is 45.8 Å². The van der Waals surface area contributed by atoms with Gasteiger partial charge in [-0.1, -0.05) is 0 Å². The number of nitrogens with one attached hydrogen (secondary N) is 1. The lowest BCUT2D eigenvalue weighted by Crippen LogP contribution is -2.32. The highest BCUT2D eigenvalue weighted by atomic mass is 19.1. The maximum absolute atomic E-state index is 13.9. The lowest BCUT2D eigenvalue weighted by Gasteiger charge is -2.20. The summed E-state index contributed by atoms with van der Waals surface area (Å²) in [7, 11) is 3.42. The van der Waals surface area contributed by atoms with Crippen LogP contribution in [0.5, 0.6) is 0 Å². The van der Waals surface area contributed by atoms with Crippen LogP contribution in [0.3, 0.4) is 0 Å². The molecular formula is C16H21FN6O. The van der Waals surface area contributed by atoms with Crippen LogP contribution in [0, 0.1) is 5.82 Å². The minimum absolute atomic E-state index is 0.316. The Morgan fingerprint density at radius 1 is 1.33 bits per heavy atom. The number of carbonyl (C=O) groups excluding carboxylic acids is 1. The maximum atomic E-state index is 13.9. The molecule has 128 valence electrons. The molecule has 0 spiro atoms. The van der Waals surface area contributed by atoms with Crippen molar-refractivity contribution in [1.29, 1.82) is 0 Å². The Labute approximate surface area is 140 Å². The molecule has 0 aliphatic carbocycles. The first-order valence-corrected chi connectivity index (χ1v) is 7.93. The highest BCUT2D eigenvalue weighted by Gasteiger charge is 2.16. The molecule has 1 saturated heterocycles. The van der Waals surface area contributed by atoms with Gasteiger partial charge in [-0.15, -0.1) is 0 Å². The number of amides is 2. The lowest BCUT2D eigenvalue weighted by molar-refractivity contribution is 0.219. The Balaban J connectivity index is 1.68. The fourth-order valence-electron chi connectivity index (χ4n) is 2.77. The second-order valence-electron chi connectivity index (χ2n) is 5.98. The molecule has 24 heavy (non-hydrogen) atoms. The van der Waals surface area contributed by atoms with Crippen LogP contribution in [0.1, 0.15) is 18.7 Å². The molecule has 1 aliphatic rings. The number of aryl methyl sites for hydroxylation is 1. The van der Waals surface area contributed by atoms with Gasteiger partial charge in [0.25, 0.3) is 0 Å². The Hall–Kier alpha value is -2.64. The van der Waals surface area contributed by atoms with E-state index in [0.29, 0.717) is 18.1 Å². The number of urea groups is 1. The van der Waals surface area contributed by atoms with Crippen molar-refractivity contribution < 1.29 is 9.18 Å². The van der Waals surface area contributed by atoms with Gasteiger partial charge in [0.05, 0.1) is 6.54 Å². The first kappa shape index (κ1) is 16.2. The molecule has 1 aromatic heterocycles. The van der Waals surface area contributed by atoms with E-state index in [2.05, 4.69) is 20.3 Å². The fourth-order valence-corrected chi connectivity index (χ4v) is 2.77. The van der Waals surface area contributed by atoms with Gasteiger partial charge < -0.3 is 15.1 Å². The number of nitrogens with zero attached hydrogens (tertiary/aromatic N) is 5. The van der Waals surface area contributed by atoms with Gasteiger partial charge in [0.1, 0.15) is 18.0 Å². The average molecular weight is 332 g/mol. The van der Waals surface area contributed by atoms with Crippen molar-refractivity contribution in [2.45, 2.75) is 19.4 Å². The first-order valence-electron chi connectivity index (χ1n) is 7.93. The Morgan fingerprint density at radius 2 is 2.08 bits per heavy atom. The highest BCUT2D eigenvalue weighted by molar-refractivity contribution is 5.89. The monoisotopic (exact) mass is 332 g/mol. The van der Waals surface area contributed by atoms with Gasteiger partial charge >= 0.3 is 6.03 Å². The van der Waals surface area contributed by atoms with Gasteiger partial charge in [0.2, 0.25) is 0 Å². The maximum Gasteiger partial charge on any atom is 0.321 e. The molecule has 3 rings (SSSR count). The van der Waals surface area contributed by atoms with E-state index in [1.807, 2.05) is 6.07 Å². The van der Waals surface area contributed by atoms with Crippen molar-refractivity contribution in [3.05, 3.63) is 36.2 Å². The molecule has 2 amide bonds. The minimum Gasteiger partial charge on any atom is -0.371 e. The van der Waals surface area contributed by atoms with Crippen LogP contribution in [0.2, 0.25) is 0 Å². The van der Waals surface area contributed by atoms with Gasteiger partial charge in [0.15, 0.2) is 0 Å². The fraction of sp³-hybridized carbons (Fsp3) is 0.438. The lowest BCUT2D eigenvalue weighted by atomic mass is 10.2.